The van der Waals surface area contributed by atoms with Gasteiger partial charge in [-0.05, 0) is 111 Å². The monoisotopic (exact) mass is 794 g/mol. The van der Waals surface area contributed by atoms with Gasteiger partial charge in [-0.1, -0.05) is 153 Å². The van der Waals surface area contributed by atoms with Crippen LogP contribution in [0.15, 0.2) is 72.8 Å². The maximum Gasteiger partial charge on any atom is 0.0983 e. The quantitative estimate of drug-likeness (QED) is 0.0678. The molecule has 1 aliphatic carbocycles. The maximum absolute atomic E-state index is 5.61. The number of hydrogen-bond acceptors (Lipinski definition) is 4. The molecular weight excluding hydrogens is 729 g/mol. The Morgan fingerprint density at radius 1 is 0.456 bits per heavy atom. The molecule has 0 aliphatic heterocycles. The van der Waals surface area contributed by atoms with Gasteiger partial charge in [0.25, 0.3) is 0 Å². The summed E-state index contributed by atoms with van der Waals surface area (Å²) in [6.45, 7) is 13.7. The number of fused-ring (bicyclic) bond motifs is 4. The minimum atomic E-state index is 0.0824. The van der Waals surface area contributed by atoms with E-state index in [1.54, 1.807) is 11.1 Å². The Kier molecular flexibility index (Phi) is 14.2. The average molecular weight is 795 g/mol. The number of unbranched alkanes of at least 4 members (excludes halogenated alkanes) is 10. The molecule has 6 aromatic rings. The molecule has 57 heavy (non-hydrogen) atoms. The molecule has 0 amide bonds. The highest BCUT2D eigenvalue weighted by Gasteiger charge is 2.42. The van der Waals surface area contributed by atoms with Gasteiger partial charge >= 0.3 is 0 Å². The van der Waals surface area contributed by atoms with Crippen molar-refractivity contribution in [2.24, 2.45) is 0 Å². The van der Waals surface area contributed by atoms with E-state index >= 15 is 0 Å². The van der Waals surface area contributed by atoms with Crippen LogP contribution in [-0.2, 0) is 18.3 Å². The van der Waals surface area contributed by atoms with Crippen LogP contribution in [0.4, 0.5) is 0 Å². The smallest absolute Gasteiger partial charge is 0.0983 e. The number of benzene rings is 3. The molecule has 0 unspecified atom stereocenters. The first-order valence-corrected chi connectivity index (χ1v) is 24.3. The molecule has 7 rings (SSSR count). The fraction of sp³-hybridized carbons (Fsp3) is 0.472. The Balaban J connectivity index is 1.32. The summed E-state index contributed by atoms with van der Waals surface area (Å²) >= 11 is 3.79. The molecule has 4 heteroatoms. The number of aryl methyl sites for hydroxylation is 4. The molecule has 0 saturated heterocycles. The molecule has 3 heterocycles. The third-order valence-electron chi connectivity index (χ3n) is 12.6. The molecule has 0 atom stereocenters. The first kappa shape index (κ1) is 41.6. The molecule has 0 N–H and O–H groups in total. The predicted molar refractivity (Wildman–Crippen MR) is 251 cm³/mol. The van der Waals surface area contributed by atoms with Gasteiger partial charge in [0.2, 0.25) is 0 Å². The zero-order valence-electron chi connectivity index (χ0n) is 35.9. The molecule has 2 nitrogen and oxygen atoms in total. The number of thiophene rings is 2. The summed E-state index contributed by atoms with van der Waals surface area (Å²) < 4.78 is 0. The third kappa shape index (κ3) is 9.03. The molecule has 3 aromatic heterocycles. The zero-order valence-corrected chi connectivity index (χ0v) is 37.5. The normalized spacial score (nSPS) is 13.1. The van der Waals surface area contributed by atoms with Crippen molar-refractivity contribution >= 4 is 33.7 Å². The molecule has 0 saturated carbocycles. The summed E-state index contributed by atoms with van der Waals surface area (Å²) in [5.74, 6) is 0. The Bertz CT molecular complexity index is 2240. The van der Waals surface area contributed by atoms with Gasteiger partial charge in [-0.2, -0.15) is 0 Å². The fourth-order valence-electron chi connectivity index (χ4n) is 9.44. The first-order valence-electron chi connectivity index (χ1n) is 22.7. The minimum absolute atomic E-state index is 0.0824. The summed E-state index contributed by atoms with van der Waals surface area (Å²) in [5, 5.41) is 0. The van der Waals surface area contributed by atoms with Crippen molar-refractivity contribution in [1.29, 1.82) is 0 Å². The van der Waals surface area contributed by atoms with Crippen molar-refractivity contribution in [3.63, 3.8) is 0 Å². The van der Waals surface area contributed by atoms with E-state index in [0.29, 0.717) is 0 Å². The Hall–Kier alpha value is -3.60. The van der Waals surface area contributed by atoms with Crippen molar-refractivity contribution < 1.29 is 0 Å². The molecule has 0 bridgehead atoms. The van der Waals surface area contributed by atoms with Crippen molar-refractivity contribution in [1.82, 2.24) is 9.97 Å². The van der Waals surface area contributed by atoms with Crippen LogP contribution in [0.1, 0.15) is 163 Å². The van der Waals surface area contributed by atoms with E-state index in [0.717, 1.165) is 23.9 Å². The van der Waals surface area contributed by atoms with Gasteiger partial charge < -0.3 is 0 Å². The topological polar surface area (TPSA) is 25.8 Å². The van der Waals surface area contributed by atoms with Gasteiger partial charge in [0.05, 0.1) is 22.4 Å². The number of rotatable bonds is 21. The van der Waals surface area contributed by atoms with E-state index in [2.05, 4.69) is 114 Å². The van der Waals surface area contributed by atoms with Crippen LogP contribution >= 0.6 is 22.7 Å². The van der Waals surface area contributed by atoms with Crippen LogP contribution in [0.5, 0.6) is 0 Å². The van der Waals surface area contributed by atoms with Gasteiger partial charge in [0, 0.05) is 36.1 Å². The molecule has 300 valence electrons. The maximum atomic E-state index is 5.61. The van der Waals surface area contributed by atoms with Crippen molar-refractivity contribution in [3.8, 4) is 42.4 Å². The summed E-state index contributed by atoms with van der Waals surface area (Å²) in [5.41, 5.74) is 15.9. The lowest BCUT2D eigenvalue weighted by molar-refractivity contribution is 0.401. The predicted octanol–water partition coefficient (Wildman–Crippen LogP) is 17.0. The summed E-state index contributed by atoms with van der Waals surface area (Å²) in [7, 11) is 0. The van der Waals surface area contributed by atoms with Gasteiger partial charge in [0.1, 0.15) is 0 Å². The van der Waals surface area contributed by atoms with Crippen molar-refractivity contribution in [2.45, 2.75) is 163 Å². The second-order valence-electron chi connectivity index (χ2n) is 17.0. The van der Waals surface area contributed by atoms with Gasteiger partial charge in [0.15, 0.2) is 0 Å². The summed E-state index contributed by atoms with van der Waals surface area (Å²) in [6.07, 6.45) is 22.1. The van der Waals surface area contributed by atoms with E-state index in [1.807, 2.05) is 22.7 Å². The SMILES string of the molecule is CCCCCCC1(CCCCCC)c2cc(C)ccc2-c2ccc(-c3ccc(-c4ccc(-c5ccc(C)s5)c5nc(CCCCC)c(CCCCC)nc45)s3)cc21. The number of nitrogens with zero attached hydrogens (tertiary/aromatic N) is 2. The van der Waals surface area contributed by atoms with E-state index in [4.69, 9.17) is 9.97 Å². The number of aromatic nitrogens is 2. The lowest BCUT2D eigenvalue weighted by atomic mass is 9.70. The summed E-state index contributed by atoms with van der Waals surface area (Å²) in [6, 6.07) is 28.6. The Morgan fingerprint density at radius 3 is 1.51 bits per heavy atom. The third-order valence-corrected chi connectivity index (χ3v) is 14.8. The first-order chi connectivity index (χ1) is 27.9. The van der Waals surface area contributed by atoms with Crippen LogP contribution in [-0.4, -0.2) is 9.97 Å². The van der Waals surface area contributed by atoms with Crippen LogP contribution in [0, 0.1) is 13.8 Å². The highest BCUT2D eigenvalue weighted by molar-refractivity contribution is 7.19. The van der Waals surface area contributed by atoms with Crippen LogP contribution in [0.25, 0.3) is 53.5 Å². The van der Waals surface area contributed by atoms with Crippen LogP contribution in [0.3, 0.4) is 0 Å². The van der Waals surface area contributed by atoms with Gasteiger partial charge in [-0.15, -0.1) is 22.7 Å². The molecule has 1 aliphatic rings. The average Bonchev–Trinajstić information content (AvgIpc) is 3.95. The van der Waals surface area contributed by atoms with E-state index in [9.17, 15) is 0 Å². The second kappa shape index (κ2) is 19.4. The van der Waals surface area contributed by atoms with Gasteiger partial charge in [-0.25, -0.2) is 9.97 Å². The standard InChI is InChI=1S/C53H66N2S2/c1-7-11-15-19-33-53(34-20-16-12-8-2)44-35-37(5)23-26-40(44)41-27-25-39(36-45(41)53)48-31-32-50(57-48)43-29-28-42(49-30-24-38(6)56-49)51-52(43)55-47(22-18-14-10-4)46(54-51)21-17-13-9-3/h23-32,35-36H,7-22,33-34H2,1-6H3. The van der Waals surface area contributed by atoms with E-state index in [1.165, 1.54) is 167 Å². The van der Waals surface area contributed by atoms with Gasteiger partial charge in [-0.3, -0.25) is 0 Å². The Labute approximate surface area is 352 Å². The largest absolute Gasteiger partial charge is 0.249 e. The fourth-order valence-corrected chi connectivity index (χ4v) is 11.4. The molecule has 0 radical (unpaired) electrons. The highest BCUT2D eigenvalue weighted by Crippen LogP contribution is 2.55. The minimum Gasteiger partial charge on any atom is -0.249 e. The molecule has 0 fully saturated rings. The summed E-state index contributed by atoms with van der Waals surface area (Å²) in [4.78, 5) is 16.4. The Morgan fingerprint density at radius 2 is 0.947 bits per heavy atom. The lowest BCUT2D eigenvalue weighted by Gasteiger charge is -2.33. The van der Waals surface area contributed by atoms with Crippen LogP contribution < -0.4 is 0 Å². The highest BCUT2D eigenvalue weighted by atomic mass is 32.1. The second-order valence-corrected chi connectivity index (χ2v) is 19.3. The molecular formula is C53H66N2S2. The van der Waals surface area contributed by atoms with Crippen LogP contribution in [0.2, 0.25) is 0 Å². The lowest BCUT2D eigenvalue weighted by Crippen LogP contribution is -2.25. The van der Waals surface area contributed by atoms with E-state index < -0.39 is 0 Å². The van der Waals surface area contributed by atoms with Crippen molar-refractivity contribution in [3.05, 3.63) is 106 Å². The molecule has 3 aromatic carbocycles. The zero-order chi connectivity index (χ0) is 39.8. The van der Waals surface area contributed by atoms with E-state index in [-0.39, 0.29) is 5.41 Å². The van der Waals surface area contributed by atoms with Crippen molar-refractivity contribution in [2.75, 3.05) is 0 Å². The molecule has 0 spiro atoms. The number of hydrogen-bond donors (Lipinski definition) is 0.